The molecule has 0 radical (unpaired) electrons. The average Bonchev–Trinajstić information content (AvgIpc) is 2.76. The number of nitrogens with one attached hydrogen (secondary N) is 1. The van der Waals surface area contributed by atoms with Crippen LogP contribution in [-0.4, -0.2) is 26.6 Å². The monoisotopic (exact) mass is 422 g/mol. The van der Waals surface area contributed by atoms with Crippen molar-refractivity contribution in [3.8, 4) is 11.5 Å². The largest absolute Gasteiger partial charge is 0.455 e. The highest BCUT2D eigenvalue weighted by atomic mass is 32.2. The lowest BCUT2D eigenvalue weighted by Gasteiger charge is -2.28. The van der Waals surface area contributed by atoms with E-state index in [-0.39, 0.29) is 11.7 Å². The molecule has 0 aromatic heterocycles. The molecular formula is C23H22N2O4S. The molecule has 7 heteroatoms. The maximum absolute atomic E-state index is 12.7. The van der Waals surface area contributed by atoms with Crippen LogP contribution in [0.15, 0.2) is 78.9 Å². The Morgan fingerprint density at radius 1 is 0.867 bits per heavy atom. The van der Waals surface area contributed by atoms with Crippen LogP contribution in [0.5, 0.6) is 11.5 Å². The molecule has 0 unspecified atom stereocenters. The van der Waals surface area contributed by atoms with Gasteiger partial charge in [0.1, 0.15) is 5.75 Å². The van der Waals surface area contributed by atoms with Crippen molar-refractivity contribution < 1.29 is 17.9 Å². The molecule has 1 aliphatic rings. The summed E-state index contributed by atoms with van der Waals surface area (Å²) >= 11 is 0. The van der Waals surface area contributed by atoms with E-state index in [0.29, 0.717) is 41.4 Å². The SMILES string of the molecule is O=C(Nc1ccccc1Oc1ccccc1)c1ccc(N2CCCCS2(=O)=O)cc1. The molecule has 0 aliphatic carbocycles. The third-order valence-corrected chi connectivity index (χ3v) is 6.74. The van der Waals surface area contributed by atoms with Crippen molar-refractivity contribution in [2.45, 2.75) is 12.8 Å². The number of para-hydroxylation sites is 3. The predicted octanol–water partition coefficient (Wildman–Crippen LogP) is 4.66. The number of hydrogen-bond donors (Lipinski definition) is 1. The van der Waals surface area contributed by atoms with E-state index < -0.39 is 10.0 Å². The van der Waals surface area contributed by atoms with Crippen molar-refractivity contribution in [2.75, 3.05) is 21.9 Å². The highest BCUT2D eigenvalue weighted by Crippen LogP contribution is 2.30. The van der Waals surface area contributed by atoms with E-state index in [1.54, 1.807) is 36.4 Å². The summed E-state index contributed by atoms with van der Waals surface area (Å²) in [7, 11) is -3.28. The van der Waals surface area contributed by atoms with Crippen molar-refractivity contribution in [2.24, 2.45) is 0 Å². The molecule has 1 saturated heterocycles. The van der Waals surface area contributed by atoms with Crippen LogP contribution in [0.25, 0.3) is 0 Å². The highest BCUT2D eigenvalue weighted by molar-refractivity contribution is 7.92. The summed E-state index contributed by atoms with van der Waals surface area (Å²) < 4.78 is 31.8. The van der Waals surface area contributed by atoms with Crippen molar-refractivity contribution in [1.82, 2.24) is 0 Å². The molecule has 0 bridgehead atoms. The molecule has 3 aromatic rings. The van der Waals surface area contributed by atoms with Gasteiger partial charge in [0.15, 0.2) is 5.75 Å². The van der Waals surface area contributed by atoms with Gasteiger partial charge in [-0.25, -0.2) is 8.42 Å². The molecule has 30 heavy (non-hydrogen) atoms. The van der Waals surface area contributed by atoms with Gasteiger partial charge in [0.2, 0.25) is 10.0 Å². The van der Waals surface area contributed by atoms with Crippen LogP contribution in [0.3, 0.4) is 0 Å². The van der Waals surface area contributed by atoms with Gasteiger partial charge in [-0.05, 0) is 61.4 Å². The summed E-state index contributed by atoms with van der Waals surface area (Å²) in [5, 5.41) is 2.87. The summed E-state index contributed by atoms with van der Waals surface area (Å²) in [6.07, 6.45) is 1.52. The van der Waals surface area contributed by atoms with E-state index in [4.69, 9.17) is 4.74 Å². The van der Waals surface area contributed by atoms with E-state index in [1.165, 1.54) is 4.31 Å². The van der Waals surface area contributed by atoms with Gasteiger partial charge in [0, 0.05) is 12.1 Å². The van der Waals surface area contributed by atoms with Crippen LogP contribution >= 0.6 is 0 Å². The van der Waals surface area contributed by atoms with Crippen LogP contribution in [0.2, 0.25) is 0 Å². The molecule has 6 nitrogen and oxygen atoms in total. The minimum Gasteiger partial charge on any atom is -0.455 e. The summed E-state index contributed by atoms with van der Waals surface area (Å²) in [5.41, 5.74) is 1.57. The second-order valence-electron chi connectivity index (χ2n) is 7.01. The van der Waals surface area contributed by atoms with Crippen molar-refractivity contribution >= 4 is 27.3 Å². The van der Waals surface area contributed by atoms with Crippen LogP contribution in [0.1, 0.15) is 23.2 Å². The Labute approximate surface area is 176 Å². The fourth-order valence-electron chi connectivity index (χ4n) is 3.33. The predicted molar refractivity (Wildman–Crippen MR) is 118 cm³/mol. The zero-order chi connectivity index (χ0) is 21.0. The van der Waals surface area contributed by atoms with E-state index >= 15 is 0 Å². The molecule has 0 saturated carbocycles. The normalized spacial score (nSPS) is 15.4. The molecule has 154 valence electrons. The Morgan fingerprint density at radius 2 is 1.57 bits per heavy atom. The quantitative estimate of drug-likeness (QED) is 0.649. The first-order chi connectivity index (χ1) is 14.5. The lowest BCUT2D eigenvalue weighted by Crippen LogP contribution is -2.37. The zero-order valence-corrected chi connectivity index (χ0v) is 17.1. The van der Waals surface area contributed by atoms with Gasteiger partial charge < -0.3 is 10.1 Å². The van der Waals surface area contributed by atoms with Crippen LogP contribution < -0.4 is 14.4 Å². The second-order valence-corrected chi connectivity index (χ2v) is 9.02. The van der Waals surface area contributed by atoms with Gasteiger partial charge in [-0.15, -0.1) is 0 Å². The third kappa shape index (κ3) is 4.46. The fourth-order valence-corrected chi connectivity index (χ4v) is 4.97. The van der Waals surface area contributed by atoms with E-state index in [2.05, 4.69) is 5.32 Å². The number of sulfonamides is 1. The summed E-state index contributed by atoms with van der Waals surface area (Å²) in [6, 6.07) is 23.1. The Morgan fingerprint density at radius 3 is 2.30 bits per heavy atom. The molecule has 1 heterocycles. The second kappa shape index (κ2) is 8.59. The number of carbonyl (C=O) groups is 1. The Bertz CT molecular complexity index is 1130. The van der Waals surface area contributed by atoms with Crippen LogP contribution in [0.4, 0.5) is 11.4 Å². The van der Waals surface area contributed by atoms with Crippen molar-refractivity contribution in [3.05, 3.63) is 84.4 Å². The lowest BCUT2D eigenvalue weighted by molar-refractivity contribution is 0.102. The number of nitrogens with zero attached hydrogens (tertiary/aromatic N) is 1. The molecule has 0 atom stereocenters. The molecule has 1 N–H and O–H groups in total. The average molecular weight is 423 g/mol. The highest BCUT2D eigenvalue weighted by Gasteiger charge is 2.26. The number of ether oxygens (including phenoxy) is 1. The van der Waals surface area contributed by atoms with Crippen LogP contribution in [-0.2, 0) is 10.0 Å². The summed E-state index contributed by atoms with van der Waals surface area (Å²) in [6.45, 7) is 0.470. The third-order valence-electron chi connectivity index (χ3n) is 4.87. The first-order valence-corrected chi connectivity index (χ1v) is 11.4. The summed E-state index contributed by atoms with van der Waals surface area (Å²) in [4.78, 5) is 12.7. The maximum atomic E-state index is 12.7. The van der Waals surface area contributed by atoms with Crippen molar-refractivity contribution in [3.63, 3.8) is 0 Å². The smallest absolute Gasteiger partial charge is 0.255 e. The molecule has 1 fully saturated rings. The fraction of sp³-hybridized carbons (Fsp3) is 0.174. The van der Waals surface area contributed by atoms with E-state index in [9.17, 15) is 13.2 Å². The standard InChI is InChI=1S/C23H22N2O4S/c26-23(18-12-14-19(15-13-18)25-16-6-7-17-30(25,27)28)24-21-10-4-5-11-22(21)29-20-8-2-1-3-9-20/h1-5,8-15H,6-7,16-17H2,(H,24,26). The first-order valence-electron chi connectivity index (χ1n) is 9.77. The Balaban J connectivity index is 1.50. The molecule has 3 aromatic carbocycles. The van der Waals surface area contributed by atoms with Gasteiger partial charge in [-0.2, -0.15) is 0 Å². The van der Waals surface area contributed by atoms with Gasteiger partial charge in [-0.3, -0.25) is 9.10 Å². The molecule has 0 spiro atoms. The maximum Gasteiger partial charge on any atom is 0.255 e. The van der Waals surface area contributed by atoms with Crippen LogP contribution in [0, 0.1) is 0 Å². The zero-order valence-electron chi connectivity index (χ0n) is 16.3. The van der Waals surface area contributed by atoms with Gasteiger partial charge in [-0.1, -0.05) is 30.3 Å². The minimum atomic E-state index is -3.28. The topological polar surface area (TPSA) is 75.7 Å². The lowest BCUT2D eigenvalue weighted by atomic mass is 10.1. The number of rotatable bonds is 5. The first kappa shape index (κ1) is 20.0. The van der Waals surface area contributed by atoms with E-state index in [0.717, 1.165) is 6.42 Å². The molecule has 1 amide bonds. The Hall–Kier alpha value is -3.32. The number of hydrogen-bond acceptors (Lipinski definition) is 4. The van der Waals surface area contributed by atoms with E-state index in [1.807, 2.05) is 42.5 Å². The molecule has 1 aliphatic heterocycles. The molecular weight excluding hydrogens is 400 g/mol. The van der Waals surface area contributed by atoms with Gasteiger partial charge in [0.25, 0.3) is 5.91 Å². The van der Waals surface area contributed by atoms with Gasteiger partial charge >= 0.3 is 0 Å². The molecule has 4 rings (SSSR count). The number of anilines is 2. The summed E-state index contributed by atoms with van der Waals surface area (Å²) in [5.74, 6) is 1.07. The number of benzene rings is 3. The number of carbonyl (C=O) groups excluding carboxylic acids is 1. The van der Waals surface area contributed by atoms with Gasteiger partial charge in [0.05, 0.1) is 17.1 Å². The number of amides is 1. The Kier molecular flexibility index (Phi) is 5.72. The minimum absolute atomic E-state index is 0.160. The van der Waals surface area contributed by atoms with Crippen molar-refractivity contribution in [1.29, 1.82) is 0 Å².